The van der Waals surface area contributed by atoms with Gasteiger partial charge in [0.1, 0.15) is 12.6 Å². The van der Waals surface area contributed by atoms with Gasteiger partial charge in [-0.15, -0.1) is 5.10 Å². The number of unbranched alkanes of at least 4 members (excludes halogenated alkanes) is 1. The van der Waals surface area contributed by atoms with E-state index in [0.717, 1.165) is 40.7 Å². The van der Waals surface area contributed by atoms with Crippen molar-refractivity contribution in [2.24, 2.45) is 5.92 Å². The van der Waals surface area contributed by atoms with E-state index in [9.17, 15) is 14.4 Å². The summed E-state index contributed by atoms with van der Waals surface area (Å²) in [5.41, 5.74) is 4.09. The van der Waals surface area contributed by atoms with Crippen LogP contribution in [0.1, 0.15) is 56.0 Å². The number of hydrogen-bond acceptors (Lipinski definition) is 8. The second-order valence-electron chi connectivity index (χ2n) is 10.5. The molecule has 10 nitrogen and oxygen atoms in total. The van der Waals surface area contributed by atoms with E-state index in [-0.39, 0.29) is 25.0 Å². The van der Waals surface area contributed by atoms with Gasteiger partial charge in [0.15, 0.2) is 5.82 Å². The molecule has 1 atom stereocenters. The summed E-state index contributed by atoms with van der Waals surface area (Å²) in [6.07, 6.45) is 1.40. The zero-order valence-electron chi connectivity index (χ0n) is 25.0. The summed E-state index contributed by atoms with van der Waals surface area (Å²) in [5, 5.41) is 11.9. The molecule has 0 N–H and O–H groups in total. The van der Waals surface area contributed by atoms with E-state index < -0.39 is 18.1 Å². The molecule has 4 aromatic rings. The van der Waals surface area contributed by atoms with Crippen molar-refractivity contribution in [3.8, 4) is 22.5 Å². The summed E-state index contributed by atoms with van der Waals surface area (Å²) in [6.45, 7) is 5.97. The van der Waals surface area contributed by atoms with E-state index in [4.69, 9.17) is 9.47 Å². The number of rotatable bonds is 12. The molecule has 1 heterocycles. The lowest BCUT2D eigenvalue weighted by molar-refractivity contribution is -0.148. The van der Waals surface area contributed by atoms with Crippen LogP contribution in [0.2, 0.25) is 0 Å². The molecule has 0 saturated carbocycles. The van der Waals surface area contributed by atoms with E-state index in [1.165, 1.54) is 16.7 Å². The molecule has 0 aliphatic carbocycles. The third kappa shape index (κ3) is 7.71. The maximum absolute atomic E-state index is 13.4. The molecule has 1 amide bonds. The summed E-state index contributed by atoms with van der Waals surface area (Å²) in [4.78, 5) is 40.3. The summed E-state index contributed by atoms with van der Waals surface area (Å²) in [5.74, 6) is -0.500. The van der Waals surface area contributed by atoms with Crippen LogP contribution in [0.5, 0.6) is 0 Å². The van der Waals surface area contributed by atoms with Gasteiger partial charge in [0.25, 0.3) is 0 Å². The number of carbonyl (C=O) groups is 3. The Labute approximate surface area is 251 Å². The Morgan fingerprint density at radius 3 is 2.21 bits per heavy atom. The molecule has 0 saturated heterocycles. The van der Waals surface area contributed by atoms with Crippen LogP contribution in [-0.2, 0) is 27.4 Å². The largest absolute Gasteiger partial charge is 0.467 e. The molecular formula is C33H37N5O5. The predicted molar refractivity (Wildman–Crippen MR) is 162 cm³/mol. The van der Waals surface area contributed by atoms with Crippen molar-refractivity contribution in [1.82, 2.24) is 25.1 Å². The number of aromatic nitrogens is 4. The molecular weight excluding hydrogens is 546 g/mol. The fourth-order valence-electron chi connectivity index (χ4n) is 4.83. The average Bonchev–Trinajstić information content (AvgIpc) is 3.53. The minimum Gasteiger partial charge on any atom is -0.467 e. The highest BCUT2D eigenvalue weighted by Crippen LogP contribution is 2.31. The quantitative estimate of drug-likeness (QED) is 0.144. The number of benzene rings is 3. The number of amides is 1. The Bertz CT molecular complexity index is 1520. The van der Waals surface area contributed by atoms with Crippen LogP contribution < -0.4 is 0 Å². The van der Waals surface area contributed by atoms with Gasteiger partial charge in [0, 0.05) is 18.5 Å². The van der Waals surface area contributed by atoms with Gasteiger partial charge in [0.2, 0.25) is 5.91 Å². The molecule has 0 aliphatic heterocycles. The fourth-order valence-corrected chi connectivity index (χ4v) is 4.83. The van der Waals surface area contributed by atoms with Crippen LogP contribution in [0.4, 0.5) is 4.79 Å². The highest BCUT2D eigenvalue weighted by atomic mass is 16.6. The summed E-state index contributed by atoms with van der Waals surface area (Å²) in [7, 11) is 1.31. The van der Waals surface area contributed by atoms with Crippen molar-refractivity contribution in [2.45, 2.75) is 59.2 Å². The van der Waals surface area contributed by atoms with E-state index in [2.05, 4.69) is 15.5 Å². The SMILES string of the molecule is CCCCC(=O)n1nnnc1-c1ccccc1-c1ccc(CN(C(=O)OCc2ccccc2)[C@H](C(=O)OC)C(C)C)cc1. The first-order valence-corrected chi connectivity index (χ1v) is 14.4. The Morgan fingerprint density at radius 2 is 1.56 bits per heavy atom. The lowest BCUT2D eigenvalue weighted by Gasteiger charge is -2.31. The Hall–Kier alpha value is -4.86. The van der Waals surface area contributed by atoms with Gasteiger partial charge in [-0.25, -0.2) is 9.59 Å². The van der Waals surface area contributed by atoms with E-state index >= 15 is 0 Å². The van der Waals surface area contributed by atoms with Crippen molar-refractivity contribution in [2.75, 3.05) is 7.11 Å². The molecule has 0 spiro atoms. The smallest absolute Gasteiger partial charge is 0.411 e. The van der Waals surface area contributed by atoms with Gasteiger partial charge < -0.3 is 9.47 Å². The van der Waals surface area contributed by atoms with Crippen LogP contribution in [0.15, 0.2) is 78.9 Å². The zero-order chi connectivity index (χ0) is 30.8. The fraction of sp³-hybridized carbons (Fsp3) is 0.333. The van der Waals surface area contributed by atoms with Crippen molar-refractivity contribution >= 4 is 18.0 Å². The van der Waals surface area contributed by atoms with Crippen molar-refractivity contribution < 1.29 is 23.9 Å². The maximum Gasteiger partial charge on any atom is 0.411 e. The van der Waals surface area contributed by atoms with Gasteiger partial charge in [-0.2, -0.15) is 4.68 Å². The average molecular weight is 584 g/mol. The molecule has 0 fully saturated rings. The van der Waals surface area contributed by atoms with Gasteiger partial charge in [-0.1, -0.05) is 106 Å². The number of ether oxygens (including phenoxy) is 2. The number of methoxy groups -OCH3 is 1. The summed E-state index contributed by atoms with van der Waals surface area (Å²) in [6, 6.07) is 23.8. The van der Waals surface area contributed by atoms with Gasteiger partial charge >= 0.3 is 12.1 Å². The van der Waals surface area contributed by atoms with Gasteiger partial charge in [0.05, 0.1) is 7.11 Å². The van der Waals surface area contributed by atoms with Crippen LogP contribution in [0.3, 0.4) is 0 Å². The van der Waals surface area contributed by atoms with Crippen LogP contribution in [0.25, 0.3) is 22.5 Å². The highest BCUT2D eigenvalue weighted by Gasteiger charge is 2.34. The highest BCUT2D eigenvalue weighted by molar-refractivity contribution is 5.87. The molecule has 0 radical (unpaired) electrons. The normalized spacial score (nSPS) is 11.7. The lowest BCUT2D eigenvalue weighted by atomic mass is 9.97. The molecule has 0 bridgehead atoms. The standard InChI is InChI=1S/C33H37N5O5/c1-5-6-16-29(39)38-31(34-35-36-38)28-15-11-10-14-27(28)26-19-17-24(18-20-26)21-37(30(23(2)3)32(40)42-4)33(41)43-22-25-12-8-7-9-13-25/h7-15,17-20,23,30H,5-6,16,21-22H2,1-4H3/t30-/m0/s1. The van der Waals surface area contributed by atoms with Gasteiger partial charge in [-0.05, 0) is 45.0 Å². The number of nitrogens with zero attached hydrogens (tertiary/aromatic N) is 5. The third-order valence-corrected chi connectivity index (χ3v) is 7.09. The molecule has 10 heteroatoms. The Morgan fingerprint density at radius 1 is 0.884 bits per heavy atom. The minimum absolute atomic E-state index is 0.0817. The minimum atomic E-state index is -0.835. The first-order chi connectivity index (χ1) is 20.8. The Kier molecular flexibility index (Phi) is 10.7. The first-order valence-electron chi connectivity index (χ1n) is 14.4. The second kappa shape index (κ2) is 14.9. The zero-order valence-corrected chi connectivity index (χ0v) is 25.0. The van der Waals surface area contributed by atoms with Gasteiger partial charge in [-0.3, -0.25) is 9.69 Å². The predicted octanol–water partition coefficient (Wildman–Crippen LogP) is 6.17. The second-order valence-corrected chi connectivity index (χ2v) is 10.5. The first kappa shape index (κ1) is 31.1. The van der Waals surface area contributed by atoms with E-state index in [0.29, 0.717) is 12.2 Å². The molecule has 0 aliphatic rings. The van der Waals surface area contributed by atoms with Crippen LogP contribution >= 0.6 is 0 Å². The number of tetrazole rings is 1. The molecule has 4 rings (SSSR count). The maximum atomic E-state index is 13.4. The van der Waals surface area contributed by atoms with E-state index in [1.807, 2.05) is 99.6 Å². The number of carbonyl (C=O) groups excluding carboxylic acids is 3. The molecule has 43 heavy (non-hydrogen) atoms. The van der Waals surface area contributed by atoms with Crippen molar-refractivity contribution in [3.63, 3.8) is 0 Å². The Balaban J connectivity index is 1.60. The molecule has 0 unspecified atom stereocenters. The van der Waals surface area contributed by atoms with Crippen LogP contribution in [-0.4, -0.2) is 56.2 Å². The number of hydrogen-bond donors (Lipinski definition) is 0. The van der Waals surface area contributed by atoms with E-state index in [1.54, 1.807) is 0 Å². The molecule has 1 aromatic heterocycles. The summed E-state index contributed by atoms with van der Waals surface area (Å²) >= 11 is 0. The third-order valence-electron chi connectivity index (χ3n) is 7.09. The monoisotopic (exact) mass is 583 g/mol. The molecule has 3 aromatic carbocycles. The van der Waals surface area contributed by atoms with Crippen molar-refractivity contribution in [1.29, 1.82) is 0 Å². The molecule has 224 valence electrons. The number of esters is 1. The summed E-state index contributed by atoms with van der Waals surface area (Å²) < 4.78 is 11.9. The lowest BCUT2D eigenvalue weighted by Crippen LogP contribution is -2.48. The van der Waals surface area contributed by atoms with Crippen LogP contribution in [0, 0.1) is 5.92 Å². The van der Waals surface area contributed by atoms with Crippen molar-refractivity contribution in [3.05, 3.63) is 90.0 Å². The topological polar surface area (TPSA) is 117 Å².